The minimum atomic E-state index is -0.539. The molecule has 0 fully saturated rings. The highest BCUT2D eigenvalue weighted by molar-refractivity contribution is 7.99. The number of aldehydes is 1. The maximum absolute atomic E-state index is 11.8. The fourth-order valence-corrected chi connectivity index (χ4v) is 2.77. The van der Waals surface area contributed by atoms with Crippen molar-refractivity contribution in [2.45, 2.75) is 9.79 Å². The molecular weight excluding hydrogens is 316 g/mol. The molecule has 0 aliphatic rings. The molecule has 0 unspecified atom stereocenters. The second kappa shape index (κ2) is 7.06. The molecule has 2 aromatic rings. The summed E-state index contributed by atoms with van der Waals surface area (Å²) in [7, 11) is 3.36. The summed E-state index contributed by atoms with van der Waals surface area (Å²) in [6, 6.07) is 11.1. The first kappa shape index (κ1) is 16.7. The van der Waals surface area contributed by atoms with E-state index >= 15 is 0 Å². The fraction of sp³-hybridized carbons (Fsp3) is 0.125. The van der Waals surface area contributed by atoms with Gasteiger partial charge in [0.25, 0.3) is 11.6 Å². The van der Waals surface area contributed by atoms with E-state index in [0.29, 0.717) is 16.7 Å². The number of benzene rings is 2. The third-order valence-corrected chi connectivity index (χ3v) is 4.17. The van der Waals surface area contributed by atoms with Gasteiger partial charge in [-0.3, -0.25) is 19.7 Å². The minimum Gasteiger partial charge on any atom is -0.345 e. The van der Waals surface area contributed by atoms with Crippen LogP contribution in [0.25, 0.3) is 0 Å². The van der Waals surface area contributed by atoms with Crippen LogP contribution in [0, 0.1) is 10.1 Å². The maximum atomic E-state index is 11.8. The molecule has 0 aliphatic carbocycles. The van der Waals surface area contributed by atoms with Gasteiger partial charge in [-0.2, -0.15) is 0 Å². The molecule has 2 aromatic carbocycles. The Labute approximate surface area is 137 Å². The number of hydrogen-bond acceptors (Lipinski definition) is 5. The van der Waals surface area contributed by atoms with Crippen LogP contribution in [0.15, 0.2) is 52.3 Å². The van der Waals surface area contributed by atoms with E-state index < -0.39 is 4.92 Å². The molecule has 0 atom stereocenters. The number of carbonyl (C=O) groups is 2. The van der Waals surface area contributed by atoms with E-state index in [1.54, 1.807) is 44.4 Å². The van der Waals surface area contributed by atoms with Gasteiger partial charge >= 0.3 is 0 Å². The summed E-state index contributed by atoms with van der Waals surface area (Å²) in [5.74, 6) is -0.0922. The molecule has 7 heteroatoms. The number of nitro groups is 1. The van der Waals surface area contributed by atoms with Gasteiger partial charge < -0.3 is 4.90 Å². The van der Waals surface area contributed by atoms with Crippen LogP contribution < -0.4 is 0 Å². The van der Waals surface area contributed by atoms with Crippen molar-refractivity contribution >= 4 is 29.6 Å². The lowest BCUT2D eigenvalue weighted by molar-refractivity contribution is -0.384. The SMILES string of the molecule is CN(C)C(=O)c1ccc(Sc2ccc([N+](=O)[O-])cc2C=O)cc1. The topological polar surface area (TPSA) is 80.5 Å². The molecule has 2 rings (SSSR count). The number of amides is 1. The molecule has 0 saturated carbocycles. The summed E-state index contributed by atoms with van der Waals surface area (Å²) in [5, 5.41) is 10.7. The molecule has 0 radical (unpaired) electrons. The monoisotopic (exact) mass is 330 g/mol. The molecule has 0 aromatic heterocycles. The van der Waals surface area contributed by atoms with Gasteiger partial charge in [-0.15, -0.1) is 0 Å². The number of nitro benzene ring substituents is 1. The van der Waals surface area contributed by atoms with Crippen LogP contribution in [-0.2, 0) is 0 Å². The molecule has 23 heavy (non-hydrogen) atoms. The van der Waals surface area contributed by atoms with Crippen molar-refractivity contribution in [2.24, 2.45) is 0 Å². The maximum Gasteiger partial charge on any atom is 0.270 e. The molecule has 0 saturated heterocycles. The predicted octanol–water partition coefficient (Wildman–Crippen LogP) is 3.26. The van der Waals surface area contributed by atoms with E-state index in [1.807, 2.05) is 0 Å². The molecule has 118 valence electrons. The van der Waals surface area contributed by atoms with E-state index in [4.69, 9.17) is 0 Å². The molecular formula is C16H14N2O4S. The van der Waals surface area contributed by atoms with Gasteiger partial charge in [0, 0.05) is 47.1 Å². The van der Waals surface area contributed by atoms with Gasteiger partial charge in [0.2, 0.25) is 0 Å². The summed E-state index contributed by atoms with van der Waals surface area (Å²) >= 11 is 1.31. The lowest BCUT2D eigenvalue weighted by Crippen LogP contribution is -2.21. The van der Waals surface area contributed by atoms with Gasteiger partial charge in [0.1, 0.15) is 0 Å². The number of carbonyl (C=O) groups excluding carboxylic acids is 2. The van der Waals surface area contributed by atoms with E-state index in [-0.39, 0.29) is 17.2 Å². The standard InChI is InChI=1S/C16H14N2O4S/c1-17(2)16(20)11-3-6-14(7-4-11)23-15-8-5-13(18(21)22)9-12(15)10-19/h3-10H,1-2H3. The highest BCUT2D eigenvalue weighted by Crippen LogP contribution is 2.32. The number of non-ortho nitro benzene ring substituents is 1. The average Bonchev–Trinajstić information content (AvgIpc) is 2.55. The highest BCUT2D eigenvalue weighted by Gasteiger charge is 2.12. The Morgan fingerprint density at radius 1 is 1.17 bits per heavy atom. The Hall–Kier alpha value is -2.67. The lowest BCUT2D eigenvalue weighted by Gasteiger charge is -2.10. The van der Waals surface area contributed by atoms with Crippen LogP contribution in [0.3, 0.4) is 0 Å². The Balaban J connectivity index is 2.24. The number of hydrogen-bond donors (Lipinski definition) is 0. The van der Waals surface area contributed by atoms with E-state index in [9.17, 15) is 19.7 Å². The first-order chi connectivity index (χ1) is 10.9. The zero-order chi connectivity index (χ0) is 17.0. The van der Waals surface area contributed by atoms with Crippen LogP contribution in [0.4, 0.5) is 5.69 Å². The summed E-state index contributed by atoms with van der Waals surface area (Å²) in [4.78, 5) is 36.1. The number of nitrogens with zero attached hydrogens (tertiary/aromatic N) is 2. The summed E-state index contributed by atoms with van der Waals surface area (Å²) in [5.41, 5.74) is 0.708. The quantitative estimate of drug-likeness (QED) is 0.477. The molecule has 6 nitrogen and oxygen atoms in total. The van der Waals surface area contributed by atoms with Crippen LogP contribution in [-0.4, -0.2) is 36.1 Å². The summed E-state index contributed by atoms with van der Waals surface area (Å²) in [6.45, 7) is 0. The Morgan fingerprint density at radius 2 is 1.83 bits per heavy atom. The average molecular weight is 330 g/mol. The van der Waals surface area contributed by atoms with Crippen LogP contribution >= 0.6 is 11.8 Å². The second-order valence-electron chi connectivity index (χ2n) is 4.92. The van der Waals surface area contributed by atoms with Crippen molar-refractivity contribution in [1.82, 2.24) is 4.90 Å². The summed E-state index contributed by atoms with van der Waals surface area (Å²) < 4.78 is 0. The normalized spacial score (nSPS) is 10.2. The second-order valence-corrected chi connectivity index (χ2v) is 6.04. The van der Waals surface area contributed by atoms with Crippen LogP contribution in [0.5, 0.6) is 0 Å². The largest absolute Gasteiger partial charge is 0.345 e. The van der Waals surface area contributed by atoms with Gasteiger partial charge in [0.05, 0.1) is 4.92 Å². The Morgan fingerprint density at radius 3 is 2.35 bits per heavy atom. The first-order valence-corrected chi connectivity index (χ1v) is 7.47. The fourth-order valence-electron chi connectivity index (χ4n) is 1.89. The number of rotatable bonds is 5. The zero-order valence-corrected chi connectivity index (χ0v) is 13.4. The Bertz CT molecular complexity index is 757. The van der Waals surface area contributed by atoms with E-state index in [2.05, 4.69) is 0 Å². The highest BCUT2D eigenvalue weighted by atomic mass is 32.2. The molecule has 0 spiro atoms. The van der Waals surface area contributed by atoms with Crippen LogP contribution in [0.2, 0.25) is 0 Å². The molecule has 0 N–H and O–H groups in total. The van der Waals surface area contributed by atoms with Crippen molar-refractivity contribution in [3.05, 3.63) is 63.7 Å². The van der Waals surface area contributed by atoms with Gasteiger partial charge in [-0.25, -0.2) is 0 Å². The molecule has 0 aliphatic heterocycles. The van der Waals surface area contributed by atoms with Crippen molar-refractivity contribution in [3.8, 4) is 0 Å². The molecule has 1 amide bonds. The van der Waals surface area contributed by atoms with Gasteiger partial charge in [-0.05, 0) is 30.3 Å². The third-order valence-electron chi connectivity index (χ3n) is 3.07. The van der Waals surface area contributed by atoms with E-state index in [0.717, 1.165) is 4.90 Å². The van der Waals surface area contributed by atoms with Crippen molar-refractivity contribution in [3.63, 3.8) is 0 Å². The lowest BCUT2D eigenvalue weighted by atomic mass is 10.2. The molecule has 0 bridgehead atoms. The van der Waals surface area contributed by atoms with E-state index in [1.165, 1.54) is 28.8 Å². The predicted molar refractivity (Wildman–Crippen MR) is 87.1 cm³/mol. The summed E-state index contributed by atoms with van der Waals surface area (Å²) in [6.07, 6.45) is 0.596. The van der Waals surface area contributed by atoms with Crippen molar-refractivity contribution < 1.29 is 14.5 Å². The third kappa shape index (κ3) is 3.95. The Kier molecular flexibility index (Phi) is 5.13. The van der Waals surface area contributed by atoms with Crippen molar-refractivity contribution in [1.29, 1.82) is 0 Å². The smallest absolute Gasteiger partial charge is 0.270 e. The minimum absolute atomic E-state index is 0.0922. The zero-order valence-electron chi connectivity index (χ0n) is 12.6. The first-order valence-electron chi connectivity index (χ1n) is 6.65. The van der Waals surface area contributed by atoms with Crippen molar-refractivity contribution in [2.75, 3.05) is 14.1 Å². The van der Waals surface area contributed by atoms with Gasteiger partial charge in [0.15, 0.2) is 6.29 Å². The molecule has 0 heterocycles. The van der Waals surface area contributed by atoms with Crippen LogP contribution in [0.1, 0.15) is 20.7 Å². The van der Waals surface area contributed by atoms with Gasteiger partial charge in [-0.1, -0.05) is 11.8 Å².